The van der Waals surface area contributed by atoms with Gasteiger partial charge in [0.2, 0.25) is 0 Å². The maximum atomic E-state index is 13.6. The summed E-state index contributed by atoms with van der Waals surface area (Å²) in [6.07, 6.45) is 1.70. The van der Waals surface area contributed by atoms with Crippen LogP contribution in [0.2, 0.25) is 0 Å². The first-order chi connectivity index (χ1) is 9.65. The molecule has 1 aromatic carbocycles. The van der Waals surface area contributed by atoms with E-state index in [1.807, 2.05) is 19.9 Å². The molecular formula is C15H18FN3O. The van der Waals surface area contributed by atoms with Crippen LogP contribution in [0, 0.1) is 12.7 Å². The molecule has 0 aliphatic heterocycles. The largest absolute Gasteiger partial charge is 0.496 e. The number of nitrogens with one attached hydrogen (secondary N) is 1. The fraction of sp³-hybridized carbons (Fsp3) is 0.333. The van der Waals surface area contributed by atoms with E-state index in [9.17, 15) is 4.39 Å². The Bertz CT molecular complexity index is 589. The Balaban J connectivity index is 2.50. The van der Waals surface area contributed by atoms with E-state index in [-0.39, 0.29) is 11.9 Å². The molecule has 20 heavy (non-hydrogen) atoms. The van der Waals surface area contributed by atoms with E-state index in [2.05, 4.69) is 15.3 Å². The van der Waals surface area contributed by atoms with Crippen LogP contribution >= 0.6 is 0 Å². The minimum absolute atomic E-state index is 0.229. The fourth-order valence-corrected chi connectivity index (χ4v) is 2.14. The molecular weight excluding hydrogens is 257 g/mol. The fourth-order valence-electron chi connectivity index (χ4n) is 2.14. The van der Waals surface area contributed by atoms with Crippen molar-refractivity contribution in [1.29, 1.82) is 0 Å². The van der Waals surface area contributed by atoms with E-state index in [0.29, 0.717) is 11.6 Å². The lowest BCUT2D eigenvalue weighted by Gasteiger charge is -2.20. The summed E-state index contributed by atoms with van der Waals surface area (Å²) in [5.41, 5.74) is 1.52. The first-order valence-corrected chi connectivity index (χ1v) is 6.52. The molecule has 1 N–H and O–H groups in total. The van der Waals surface area contributed by atoms with Gasteiger partial charge in [0.1, 0.15) is 17.4 Å². The minimum atomic E-state index is -0.297. The van der Waals surface area contributed by atoms with Crippen LogP contribution in [0.4, 0.5) is 4.39 Å². The topological polar surface area (TPSA) is 47.0 Å². The Hall–Kier alpha value is -2.01. The third-order valence-electron chi connectivity index (χ3n) is 3.00. The summed E-state index contributed by atoms with van der Waals surface area (Å²) in [5, 5.41) is 3.31. The number of aryl methyl sites for hydroxylation is 1. The Kier molecular flexibility index (Phi) is 4.63. The molecule has 0 fully saturated rings. The molecule has 4 nitrogen and oxygen atoms in total. The molecule has 1 heterocycles. The monoisotopic (exact) mass is 275 g/mol. The zero-order valence-electron chi connectivity index (χ0n) is 11.9. The SMILES string of the molecule is CCNC(c1ccnc(C)n1)c1cc(F)ccc1OC. The third-order valence-corrected chi connectivity index (χ3v) is 3.00. The van der Waals surface area contributed by atoms with Crippen LogP contribution in [-0.2, 0) is 0 Å². The highest BCUT2D eigenvalue weighted by atomic mass is 19.1. The number of rotatable bonds is 5. The smallest absolute Gasteiger partial charge is 0.125 e. The molecule has 1 atom stereocenters. The van der Waals surface area contributed by atoms with Gasteiger partial charge in [-0.1, -0.05) is 6.92 Å². The van der Waals surface area contributed by atoms with Crippen molar-refractivity contribution in [2.24, 2.45) is 0 Å². The Labute approximate surface area is 118 Å². The van der Waals surface area contributed by atoms with Gasteiger partial charge in [-0.25, -0.2) is 14.4 Å². The highest BCUT2D eigenvalue weighted by Crippen LogP contribution is 2.29. The molecule has 0 radical (unpaired) electrons. The van der Waals surface area contributed by atoms with E-state index in [1.54, 1.807) is 19.4 Å². The highest BCUT2D eigenvalue weighted by Gasteiger charge is 2.19. The van der Waals surface area contributed by atoms with Crippen molar-refractivity contribution < 1.29 is 9.13 Å². The number of ether oxygens (including phenoxy) is 1. The van der Waals surface area contributed by atoms with Gasteiger partial charge in [0.25, 0.3) is 0 Å². The maximum absolute atomic E-state index is 13.6. The molecule has 2 aromatic rings. The predicted octanol–water partition coefficient (Wildman–Crippen LogP) is 2.63. The van der Waals surface area contributed by atoms with Gasteiger partial charge in [0, 0.05) is 11.8 Å². The van der Waals surface area contributed by atoms with Gasteiger partial charge in [0.05, 0.1) is 18.8 Å². The third kappa shape index (κ3) is 3.11. The summed E-state index contributed by atoms with van der Waals surface area (Å²) in [6.45, 7) is 4.55. The van der Waals surface area contributed by atoms with E-state index >= 15 is 0 Å². The van der Waals surface area contributed by atoms with Gasteiger partial charge in [-0.2, -0.15) is 0 Å². The number of aromatic nitrogens is 2. The Morgan fingerprint density at radius 2 is 2.15 bits per heavy atom. The van der Waals surface area contributed by atoms with Crippen LogP contribution in [0.1, 0.15) is 30.0 Å². The number of benzene rings is 1. The highest BCUT2D eigenvalue weighted by molar-refractivity contribution is 5.40. The van der Waals surface area contributed by atoms with Gasteiger partial charge in [-0.3, -0.25) is 0 Å². The summed E-state index contributed by atoms with van der Waals surface area (Å²) < 4.78 is 18.9. The zero-order valence-corrected chi connectivity index (χ0v) is 11.9. The lowest BCUT2D eigenvalue weighted by Crippen LogP contribution is -2.24. The minimum Gasteiger partial charge on any atom is -0.496 e. The quantitative estimate of drug-likeness (QED) is 0.911. The van der Waals surface area contributed by atoms with E-state index in [4.69, 9.17) is 4.74 Å². The molecule has 0 bridgehead atoms. The second-order valence-electron chi connectivity index (χ2n) is 4.41. The van der Waals surface area contributed by atoms with Crippen molar-refractivity contribution in [3.63, 3.8) is 0 Å². The summed E-state index contributed by atoms with van der Waals surface area (Å²) in [4.78, 5) is 8.51. The van der Waals surface area contributed by atoms with Crippen molar-refractivity contribution in [2.45, 2.75) is 19.9 Å². The van der Waals surface area contributed by atoms with Gasteiger partial charge in [-0.15, -0.1) is 0 Å². The van der Waals surface area contributed by atoms with E-state index in [0.717, 1.165) is 17.8 Å². The van der Waals surface area contributed by atoms with Crippen LogP contribution in [-0.4, -0.2) is 23.6 Å². The second-order valence-corrected chi connectivity index (χ2v) is 4.41. The first-order valence-electron chi connectivity index (χ1n) is 6.52. The molecule has 106 valence electrons. The molecule has 0 aliphatic rings. The lowest BCUT2D eigenvalue weighted by atomic mass is 10.0. The van der Waals surface area contributed by atoms with Crippen molar-refractivity contribution in [1.82, 2.24) is 15.3 Å². The second kappa shape index (κ2) is 6.43. The molecule has 1 unspecified atom stereocenters. The van der Waals surface area contributed by atoms with Crippen LogP contribution in [0.3, 0.4) is 0 Å². The van der Waals surface area contributed by atoms with Crippen LogP contribution in [0.25, 0.3) is 0 Å². The molecule has 0 saturated carbocycles. The zero-order chi connectivity index (χ0) is 14.5. The Morgan fingerprint density at radius 1 is 1.35 bits per heavy atom. The Morgan fingerprint density at radius 3 is 2.80 bits per heavy atom. The van der Waals surface area contributed by atoms with Crippen molar-refractivity contribution in [3.05, 3.63) is 53.4 Å². The summed E-state index contributed by atoms with van der Waals surface area (Å²) in [6, 6.07) is 6.08. The first kappa shape index (κ1) is 14.4. The van der Waals surface area contributed by atoms with Crippen LogP contribution in [0.5, 0.6) is 5.75 Å². The van der Waals surface area contributed by atoms with Gasteiger partial charge in [-0.05, 0) is 37.7 Å². The molecule has 5 heteroatoms. The van der Waals surface area contributed by atoms with Crippen molar-refractivity contribution in [2.75, 3.05) is 13.7 Å². The van der Waals surface area contributed by atoms with E-state index < -0.39 is 0 Å². The summed E-state index contributed by atoms with van der Waals surface area (Å²) in [7, 11) is 1.57. The van der Waals surface area contributed by atoms with E-state index in [1.165, 1.54) is 12.1 Å². The maximum Gasteiger partial charge on any atom is 0.125 e. The van der Waals surface area contributed by atoms with Gasteiger partial charge in [0.15, 0.2) is 0 Å². The van der Waals surface area contributed by atoms with Gasteiger partial charge >= 0.3 is 0 Å². The molecule has 0 amide bonds. The molecule has 0 spiro atoms. The normalized spacial score (nSPS) is 12.2. The average molecular weight is 275 g/mol. The van der Waals surface area contributed by atoms with Crippen molar-refractivity contribution >= 4 is 0 Å². The summed E-state index contributed by atoms with van der Waals surface area (Å²) >= 11 is 0. The number of nitrogens with zero attached hydrogens (tertiary/aromatic N) is 2. The number of hydrogen-bond donors (Lipinski definition) is 1. The van der Waals surface area contributed by atoms with Crippen LogP contribution < -0.4 is 10.1 Å². The number of hydrogen-bond acceptors (Lipinski definition) is 4. The predicted molar refractivity (Wildman–Crippen MR) is 75.2 cm³/mol. The number of halogens is 1. The summed E-state index contributed by atoms with van der Waals surface area (Å²) in [5.74, 6) is 1.02. The van der Waals surface area contributed by atoms with Gasteiger partial charge < -0.3 is 10.1 Å². The van der Waals surface area contributed by atoms with Crippen LogP contribution in [0.15, 0.2) is 30.5 Å². The molecule has 2 rings (SSSR count). The average Bonchev–Trinajstić information content (AvgIpc) is 2.44. The number of methoxy groups -OCH3 is 1. The lowest BCUT2D eigenvalue weighted by molar-refractivity contribution is 0.402. The molecule has 0 saturated heterocycles. The molecule has 1 aromatic heterocycles. The molecule has 0 aliphatic carbocycles. The van der Waals surface area contributed by atoms with Crippen molar-refractivity contribution in [3.8, 4) is 5.75 Å². The standard InChI is InChI=1S/C15H18FN3O/c1-4-17-15(13-7-8-18-10(2)19-13)12-9-11(16)5-6-14(12)20-3/h5-9,15,17H,4H2,1-3H3.